The molecule has 12 aromatic carbocycles. The van der Waals surface area contributed by atoms with E-state index in [1.165, 1.54) is 90.4 Å². The molecule has 0 saturated heterocycles. The van der Waals surface area contributed by atoms with Crippen LogP contribution in [0.15, 0.2) is 231 Å². The number of nitrogens with zero attached hydrogens (tertiary/aromatic N) is 4. The lowest BCUT2D eigenvalue weighted by Crippen LogP contribution is -2.02. The van der Waals surface area contributed by atoms with E-state index in [2.05, 4.69) is 229 Å². The van der Waals surface area contributed by atoms with Gasteiger partial charge in [-0.1, -0.05) is 176 Å². The van der Waals surface area contributed by atoms with Gasteiger partial charge in [-0.25, -0.2) is 15.0 Å². The Labute approximate surface area is 406 Å². The van der Waals surface area contributed by atoms with Crippen molar-refractivity contribution in [2.24, 2.45) is 0 Å². The van der Waals surface area contributed by atoms with Crippen molar-refractivity contribution in [2.45, 2.75) is 0 Å². The van der Waals surface area contributed by atoms with Crippen molar-refractivity contribution in [3.63, 3.8) is 0 Å². The fraction of sp³-hybridized carbons (Fsp3) is 0. The zero-order valence-electron chi connectivity index (χ0n) is 37.6. The molecule has 0 unspecified atom stereocenters. The number of hydrogen-bond acceptors (Lipinski definition) is 4. The zero-order chi connectivity index (χ0) is 45.9. The molecular formula is C65H38N4S. The maximum atomic E-state index is 5.54. The molecule has 0 N–H and O–H groups in total. The van der Waals surface area contributed by atoms with E-state index in [4.69, 9.17) is 15.0 Å². The third-order valence-electron chi connectivity index (χ3n) is 14.4. The Hall–Kier alpha value is -9.03. The van der Waals surface area contributed by atoms with Crippen molar-refractivity contribution in [3.8, 4) is 51.0 Å². The van der Waals surface area contributed by atoms with Gasteiger partial charge in [0.25, 0.3) is 0 Å². The van der Waals surface area contributed by atoms with Gasteiger partial charge in [-0.15, -0.1) is 11.3 Å². The summed E-state index contributed by atoms with van der Waals surface area (Å²) >= 11 is 1.85. The molecule has 70 heavy (non-hydrogen) atoms. The normalized spacial score (nSPS) is 12.0. The first-order valence-corrected chi connectivity index (χ1v) is 24.6. The first-order valence-electron chi connectivity index (χ1n) is 23.8. The maximum Gasteiger partial charge on any atom is 0.164 e. The Morgan fingerprint density at radius 3 is 1.63 bits per heavy atom. The van der Waals surface area contributed by atoms with Gasteiger partial charge >= 0.3 is 0 Å². The van der Waals surface area contributed by atoms with Crippen LogP contribution in [0.1, 0.15) is 0 Å². The molecule has 3 heterocycles. The summed E-state index contributed by atoms with van der Waals surface area (Å²) in [4.78, 5) is 16.3. The highest BCUT2D eigenvalue weighted by molar-refractivity contribution is 7.26. The lowest BCUT2D eigenvalue weighted by atomic mass is 9.90. The fourth-order valence-corrected chi connectivity index (χ4v) is 12.4. The summed E-state index contributed by atoms with van der Waals surface area (Å²) in [5, 5.41) is 17.0. The number of rotatable bonds is 5. The highest BCUT2D eigenvalue weighted by Gasteiger charge is 2.24. The number of hydrogen-bond donors (Lipinski definition) is 0. The van der Waals surface area contributed by atoms with Gasteiger partial charge in [-0.05, 0) is 120 Å². The van der Waals surface area contributed by atoms with E-state index < -0.39 is 0 Å². The molecule has 15 rings (SSSR count). The second-order valence-electron chi connectivity index (χ2n) is 18.3. The zero-order valence-corrected chi connectivity index (χ0v) is 38.5. The summed E-state index contributed by atoms with van der Waals surface area (Å²) in [5.74, 6) is 1.86. The average Bonchev–Trinajstić information content (AvgIpc) is 3.96. The smallest absolute Gasteiger partial charge is 0.164 e. The van der Waals surface area contributed by atoms with Crippen molar-refractivity contribution in [1.82, 2.24) is 19.5 Å². The molecule has 0 saturated carbocycles. The lowest BCUT2D eigenvalue weighted by Gasteiger charge is -2.18. The van der Waals surface area contributed by atoms with Crippen LogP contribution in [0.4, 0.5) is 0 Å². The summed E-state index contributed by atoms with van der Waals surface area (Å²) in [5.41, 5.74) is 8.39. The molecule has 0 amide bonds. The molecular weight excluding hydrogens is 869 g/mol. The summed E-state index contributed by atoms with van der Waals surface area (Å²) in [7, 11) is 0. The monoisotopic (exact) mass is 906 g/mol. The molecule has 0 bridgehead atoms. The van der Waals surface area contributed by atoms with Crippen molar-refractivity contribution in [3.05, 3.63) is 231 Å². The van der Waals surface area contributed by atoms with Crippen LogP contribution in [-0.4, -0.2) is 19.5 Å². The molecule has 0 aliphatic rings. The van der Waals surface area contributed by atoms with E-state index in [-0.39, 0.29) is 0 Å². The van der Waals surface area contributed by atoms with E-state index in [1.807, 2.05) is 17.4 Å². The minimum Gasteiger partial charge on any atom is -0.309 e. The number of aromatic nitrogens is 4. The first kappa shape index (κ1) is 39.0. The predicted molar refractivity (Wildman–Crippen MR) is 296 cm³/mol. The van der Waals surface area contributed by atoms with Gasteiger partial charge in [0.15, 0.2) is 17.5 Å². The van der Waals surface area contributed by atoms with E-state index in [0.29, 0.717) is 17.5 Å². The molecule has 15 aromatic rings. The molecule has 0 aliphatic heterocycles. The number of fused-ring (bicyclic) bond motifs is 14. The van der Waals surface area contributed by atoms with Gasteiger partial charge < -0.3 is 4.57 Å². The van der Waals surface area contributed by atoms with Gasteiger partial charge in [-0.3, -0.25) is 0 Å². The second kappa shape index (κ2) is 15.2. The Bertz CT molecular complexity index is 4630. The van der Waals surface area contributed by atoms with Crippen LogP contribution in [0.2, 0.25) is 0 Å². The standard InChI is InChI=1S/C65H38N4S/c1-2-16-39(17-3-1)63-66-64(43-30-32-50-48-24-9-8-22-46(48)47-23-10-11-25-49(47)54(50)35-43)68-65(67-63)52-33-31-44(69-57-28-14-12-26-51(57)55-34-40-18-4-5-19-41(40)36-58(55)69)38-56(52)61-45-21-7-6-20-42(45)37-60-62(61)53-27-13-15-29-59(53)70-60/h1-38H. The summed E-state index contributed by atoms with van der Waals surface area (Å²) < 4.78 is 4.94. The third-order valence-corrected chi connectivity index (χ3v) is 15.5. The van der Waals surface area contributed by atoms with Crippen molar-refractivity contribution in [2.75, 3.05) is 0 Å². The maximum absolute atomic E-state index is 5.54. The van der Waals surface area contributed by atoms with Crippen LogP contribution < -0.4 is 0 Å². The summed E-state index contributed by atoms with van der Waals surface area (Å²) in [6.07, 6.45) is 0. The van der Waals surface area contributed by atoms with E-state index in [0.717, 1.165) is 39.0 Å². The number of benzene rings is 12. The van der Waals surface area contributed by atoms with E-state index in [9.17, 15) is 0 Å². The Kier molecular flexibility index (Phi) is 8.49. The van der Waals surface area contributed by atoms with Crippen molar-refractivity contribution in [1.29, 1.82) is 0 Å². The SMILES string of the molecule is c1ccc(-c2nc(-c3ccc4c5ccccc5c5ccccc5c4c3)nc(-c3ccc(-n4c5ccccc5c5cc6ccccc6cc54)cc3-c3c4ccccc4cc4sc5ccccc5c34)n2)cc1. The third kappa shape index (κ3) is 5.92. The van der Waals surface area contributed by atoms with Crippen molar-refractivity contribution >= 4 is 107 Å². The summed E-state index contributed by atoms with van der Waals surface area (Å²) in [6.45, 7) is 0. The number of thiophene rings is 1. The van der Waals surface area contributed by atoms with Crippen LogP contribution >= 0.6 is 11.3 Å². The molecule has 0 fully saturated rings. The fourth-order valence-electron chi connectivity index (χ4n) is 11.2. The summed E-state index contributed by atoms with van der Waals surface area (Å²) in [6, 6.07) is 83.5. The molecule has 5 heteroatoms. The van der Waals surface area contributed by atoms with Crippen LogP contribution in [0.3, 0.4) is 0 Å². The molecule has 4 nitrogen and oxygen atoms in total. The largest absolute Gasteiger partial charge is 0.309 e. The van der Waals surface area contributed by atoms with E-state index >= 15 is 0 Å². The van der Waals surface area contributed by atoms with Crippen LogP contribution in [0.25, 0.3) is 147 Å². The topological polar surface area (TPSA) is 43.6 Å². The van der Waals surface area contributed by atoms with Gasteiger partial charge in [-0.2, -0.15) is 0 Å². The highest BCUT2D eigenvalue weighted by atomic mass is 32.1. The van der Waals surface area contributed by atoms with Crippen LogP contribution in [-0.2, 0) is 0 Å². The molecule has 3 aromatic heterocycles. The Morgan fingerprint density at radius 1 is 0.300 bits per heavy atom. The van der Waals surface area contributed by atoms with Crippen LogP contribution in [0.5, 0.6) is 0 Å². The highest BCUT2D eigenvalue weighted by Crippen LogP contribution is 2.48. The molecule has 324 valence electrons. The van der Waals surface area contributed by atoms with E-state index in [1.54, 1.807) is 0 Å². The average molecular weight is 907 g/mol. The minimum atomic E-state index is 0.614. The van der Waals surface area contributed by atoms with Gasteiger partial charge in [0, 0.05) is 53.3 Å². The second-order valence-corrected chi connectivity index (χ2v) is 19.4. The lowest BCUT2D eigenvalue weighted by molar-refractivity contribution is 1.07. The number of para-hydroxylation sites is 1. The minimum absolute atomic E-state index is 0.614. The molecule has 0 spiro atoms. The molecule has 0 aliphatic carbocycles. The Morgan fingerprint density at radius 2 is 0.871 bits per heavy atom. The predicted octanol–water partition coefficient (Wildman–Crippen LogP) is 17.8. The van der Waals surface area contributed by atoms with Gasteiger partial charge in [0.05, 0.1) is 11.0 Å². The quantitative estimate of drug-likeness (QED) is 0.162. The molecule has 0 atom stereocenters. The van der Waals surface area contributed by atoms with Crippen LogP contribution in [0, 0.1) is 0 Å². The van der Waals surface area contributed by atoms with Crippen molar-refractivity contribution < 1.29 is 0 Å². The molecule has 0 radical (unpaired) electrons. The van der Waals surface area contributed by atoms with Gasteiger partial charge in [0.2, 0.25) is 0 Å². The Balaban J connectivity index is 1.05. The first-order chi connectivity index (χ1) is 34.7. The van der Waals surface area contributed by atoms with Gasteiger partial charge in [0.1, 0.15) is 0 Å².